The number of rotatable bonds is 3. The van der Waals surface area contributed by atoms with Crippen molar-refractivity contribution in [2.45, 2.75) is 45.1 Å². The predicted octanol–water partition coefficient (Wildman–Crippen LogP) is 0.941. The molecule has 1 saturated carbocycles. The van der Waals surface area contributed by atoms with Crippen molar-refractivity contribution in [2.24, 2.45) is 17.6 Å². The second-order valence-electron chi connectivity index (χ2n) is 5.59. The fraction of sp³-hybridized carbons (Fsp3) is 0.846. The van der Waals surface area contributed by atoms with Gasteiger partial charge in [-0.25, -0.2) is 0 Å². The van der Waals surface area contributed by atoms with Crippen molar-refractivity contribution in [1.82, 2.24) is 4.90 Å². The largest absolute Gasteiger partial charge is 0.368 e. The molecule has 1 unspecified atom stereocenters. The highest BCUT2D eigenvalue weighted by Gasteiger charge is 2.39. The van der Waals surface area contributed by atoms with Gasteiger partial charge in [0.05, 0.1) is 12.6 Å². The molecule has 4 nitrogen and oxygen atoms in total. The second kappa shape index (κ2) is 5.17. The van der Waals surface area contributed by atoms with Crippen molar-refractivity contribution >= 4 is 11.7 Å². The van der Waals surface area contributed by atoms with Crippen molar-refractivity contribution in [3.63, 3.8) is 0 Å². The number of hydrogen-bond acceptors (Lipinski definition) is 3. The van der Waals surface area contributed by atoms with Gasteiger partial charge in [-0.05, 0) is 31.6 Å². The Morgan fingerprint density at radius 1 is 1.24 bits per heavy atom. The molecule has 1 aliphatic heterocycles. The van der Waals surface area contributed by atoms with E-state index in [4.69, 9.17) is 5.73 Å². The lowest BCUT2D eigenvalue weighted by molar-refractivity contribution is -0.129. The minimum atomic E-state index is -0.268. The van der Waals surface area contributed by atoms with Gasteiger partial charge in [-0.2, -0.15) is 0 Å². The quantitative estimate of drug-likeness (QED) is 0.796. The van der Waals surface area contributed by atoms with E-state index < -0.39 is 0 Å². The van der Waals surface area contributed by atoms with Crippen LogP contribution in [0.4, 0.5) is 0 Å². The van der Waals surface area contributed by atoms with E-state index in [1.807, 2.05) is 4.90 Å². The first-order valence-corrected chi connectivity index (χ1v) is 6.60. The smallest absolute Gasteiger partial charge is 0.234 e. The molecule has 3 atom stereocenters. The molecule has 2 N–H and O–H groups in total. The molecular weight excluding hydrogens is 216 g/mol. The summed E-state index contributed by atoms with van der Waals surface area (Å²) in [6, 6.07) is -0.224. The Bertz CT molecular complexity index is 317. The predicted molar refractivity (Wildman–Crippen MR) is 65.3 cm³/mol. The molecule has 2 fully saturated rings. The summed E-state index contributed by atoms with van der Waals surface area (Å²) in [4.78, 5) is 24.7. The summed E-state index contributed by atoms with van der Waals surface area (Å²) in [7, 11) is 0. The number of Topliss-reactive ketones (excluding diaryl/α,β-unsaturated/α-hetero) is 1. The molecule has 0 bridgehead atoms. The minimum absolute atomic E-state index is 0.116. The van der Waals surface area contributed by atoms with Crippen LogP contribution in [0.25, 0.3) is 0 Å². The summed E-state index contributed by atoms with van der Waals surface area (Å²) in [6.07, 6.45) is 5.88. The van der Waals surface area contributed by atoms with Crippen LogP contribution in [0, 0.1) is 11.8 Å². The Hall–Kier alpha value is -0.900. The van der Waals surface area contributed by atoms with Gasteiger partial charge in [0.1, 0.15) is 5.78 Å². The van der Waals surface area contributed by atoms with Gasteiger partial charge in [-0.1, -0.05) is 19.3 Å². The summed E-state index contributed by atoms with van der Waals surface area (Å²) < 4.78 is 0. The molecule has 0 aromatic rings. The Balaban J connectivity index is 2.07. The molecule has 1 amide bonds. The van der Waals surface area contributed by atoms with Gasteiger partial charge < -0.3 is 5.73 Å². The Morgan fingerprint density at radius 3 is 2.47 bits per heavy atom. The molecule has 1 saturated heterocycles. The molecule has 1 aliphatic carbocycles. The molecule has 4 heteroatoms. The maximum atomic E-state index is 11.5. The number of ketones is 1. The zero-order valence-electron chi connectivity index (χ0n) is 10.5. The number of nitrogens with two attached hydrogens (primary N) is 1. The van der Waals surface area contributed by atoms with Crippen molar-refractivity contribution in [1.29, 1.82) is 0 Å². The zero-order valence-corrected chi connectivity index (χ0v) is 10.5. The summed E-state index contributed by atoms with van der Waals surface area (Å²) in [5.41, 5.74) is 5.46. The summed E-state index contributed by atoms with van der Waals surface area (Å²) in [5.74, 6) is 1.16. The molecule has 96 valence electrons. The van der Waals surface area contributed by atoms with E-state index in [0.29, 0.717) is 18.4 Å². The van der Waals surface area contributed by atoms with Crippen molar-refractivity contribution in [3.05, 3.63) is 0 Å². The number of carbonyl (C=O) groups is 2. The van der Waals surface area contributed by atoms with Crippen LogP contribution in [0.3, 0.4) is 0 Å². The molecule has 2 rings (SSSR count). The third-order valence-electron chi connectivity index (χ3n) is 4.26. The lowest BCUT2D eigenvalue weighted by atomic mass is 9.73. The third kappa shape index (κ3) is 2.86. The highest BCUT2D eigenvalue weighted by molar-refractivity contribution is 5.82. The van der Waals surface area contributed by atoms with Crippen LogP contribution < -0.4 is 5.73 Å². The molecule has 0 spiro atoms. The van der Waals surface area contributed by atoms with Gasteiger partial charge in [0, 0.05) is 6.54 Å². The Labute approximate surface area is 103 Å². The van der Waals surface area contributed by atoms with Crippen LogP contribution >= 0.6 is 0 Å². The first-order valence-electron chi connectivity index (χ1n) is 6.60. The van der Waals surface area contributed by atoms with E-state index in [-0.39, 0.29) is 17.7 Å². The number of nitrogens with zero attached hydrogens (tertiary/aromatic N) is 1. The topological polar surface area (TPSA) is 63.4 Å². The van der Waals surface area contributed by atoms with Gasteiger partial charge in [0.15, 0.2) is 0 Å². The zero-order chi connectivity index (χ0) is 12.4. The number of primary amides is 1. The average Bonchev–Trinajstić information content (AvgIpc) is 2.27. The highest BCUT2D eigenvalue weighted by atomic mass is 16.1. The fourth-order valence-corrected chi connectivity index (χ4v) is 3.46. The van der Waals surface area contributed by atoms with Gasteiger partial charge in [0.25, 0.3) is 0 Å². The highest BCUT2D eigenvalue weighted by Crippen LogP contribution is 2.38. The Kier molecular flexibility index (Phi) is 3.82. The number of hydrogen-bond donors (Lipinski definition) is 1. The van der Waals surface area contributed by atoms with Crippen LogP contribution in [-0.2, 0) is 9.59 Å². The molecule has 0 radical (unpaired) electrons. The fourth-order valence-electron chi connectivity index (χ4n) is 3.46. The van der Waals surface area contributed by atoms with Crippen molar-refractivity contribution in [3.8, 4) is 0 Å². The van der Waals surface area contributed by atoms with Crippen LogP contribution in [0.1, 0.15) is 39.0 Å². The van der Waals surface area contributed by atoms with E-state index in [1.165, 1.54) is 25.7 Å². The molecule has 2 aliphatic rings. The molecule has 17 heavy (non-hydrogen) atoms. The average molecular weight is 238 g/mol. The number of fused-ring (bicyclic) bond motifs is 1. The first-order chi connectivity index (χ1) is 8.08. The van der Waals surface area contributed by atoms with Crippen LogP contribution in [0.2, 0.25) is 0 Å². The van der Waals surface area contributed by atoms with E-state index in [1.54, 1.807) is 6.92 Å². The number of amides is 1. The monoisotopic (exact) mass is 238 g/mol. The standard InChI is InChI=1S/C13H22N2O2/c1-9(16)7-15-8-11-5-3-2-4-10(11)6-12(15)13(14)17/h10-12H,2-8H2,1H3,(H2,14,17)/t10-,11+,12?/m0/s1. The van der Waals surface area contributed by atoms with E-state index in [9.17, 15) is 9.59 Å². The lowest BCUT2D eigenvalue weighted by Gasteiger charge is -2.44. The molecule has 1 heterocycles. The van der Waals surface area contributed by atoms with Crippen LogP contribution in [0.5, 0.6) is 0 Å². The number of carbonyl (C=O) groups excluding carboxylic acids is 2. The third-order valence-corrected chi connectivity index (χ3v) is 4.26. The van der Waals surface area contributed by atoms with Crippen LogP contribution in [-0.4, -0.2) is 35.7 Å². The van der Waals surface area contributed by atoms with E-state index in [0.717, 1.165) is 13.0 Å². The SMILES string of the molecule is CC(=O)CN1C[C@H]2CCCC[C@H]2CC1C(N)=O. The summed E-state index contributed by atoms with van der Waals surface area (Å²) >= 11 is 0. The van der Waals surface area contributed by atoms with Crippen LogP contribution in [0.15, 0.2) is 0 Å². The van der Waals surface area contributed by atoms with Crippen molar-refractivity contribution in [2.75, 3.05) is 13.1 Å². The van der Waals surface area contributed by atoms with Crippen molar-refractivity contribution < 1.29 is 9.59 Å². The lowest BCUT2D eigenvalue weighted by Crippen LogP contribution is -2.54. The maximum Gasteiger partial charge on any atom is 0.234 e. The van der Waals surface area contributed by atoms with E-state index in [2.05, 4.69) is 0 Å². The first kappa shape index (κ1) is 12.6. The van der Waals surface area contributed by atoms with Gasteiger partial charge in [-0.3, -0.25) is 14.5 Å². The molecule has 0 aromatic carbocycles. The minimum Gasteiger partial charge on any atom is -0.368 e. The van der Waals surface area contributed by atoms with Gasteiger partial charge in [-0.15, -0.1) is 0 Å². The number of likely N-dealkylation sites (tertiary alicyclic amines) is 1. The Morgan fingerprint density at radius 2 is 1.88 bits per heavy atom. The van der Waals surface area contributed by atoms with Gasteiger partial charge in [0.2, 0.25) is 5.91 Å². The normalized spacial score (nSPS) is 34.1. The number of piperidine rings is 1. The molecular formula is C13H22N2O2. The second-order valence-corrected chi connectivity index (χ2v) is 5.59. The summed E-state index contributed by atoms with van der Waals surface area (Å²) in [6.45, 7) is 2.82. The molecule has 0 aromatic heterocycles. The maximum absolute atomic E-state index is 11.5. The van der Waals surface area contributed by atoms with Gasteiger partial charge >= 0.3 is 0 Å². The van der Waals surface area contributed by atoms with E-state index >= 15 is 0 Å². The summed E-state index contributed by atoms with van der Waals surface area (Å²) in [5, 5.41) is 0.